The summed E-state index contributed by atoms with van der Waals surface area (Å²) in [6.45, 7) is 9.97. The fourth-order valence-electron chi connectivity index (χ4n) is 4.52. The number of esters is 1. The summed E-state index contributed by atoms with van der Waals surface area (Å²) >= 11 is 0. The molecule has 2 bridgehead atoms. The van der Waals surface area contributed by atoms with Crippen molar-refractivity contribution in [2.24, 2.45) is 40.2 Å². The van der Waals surface area contributed by atoms with Crippen LogP contribution in [0.3, 0.4) is 0 Å². The van der Waals surface area contributed by atoms with Crippen molar-refractivity contribution < 1.29 is 19.4 Å². The molecule has 0 aromatic rings. The quantitative estimate of drug-likeness (QED) is 0.475. The molecule has 0 heterocycles. The highest BCUT2D eigenvalue weighted by Gasteiger charge is 2.51. The molecule has 154 valence electrons. The van der Waals surface area contributed by atoms with Gasteiger partial charge in [0.15, 0.2) is 0 Å². The van der Waals surface area contributed by atoms with Gasteiger partial charge in [0.05, 0.1) is 12.0 Å². The second-order valence-corrected chi connectivity index (χ2v) is 9.57. The van der Waals surface area contributed by atoms with E-state index in [1.54, 1.807) is 0 Å². The second-order valence-electron chi connectivity index (χ2n) is 9.57. The lowest BCUT2D eigenvalue weighted by atomic mass is 9.58. The van der Waals surface area contributed by atoms with E-state index >= 15 is 0 Å². The minimum Gasteiger partial charge on any atom is -0.462 e. The van der Waals surface area contributed by atoms with Crippen molar-refractivity contribution in [2.45, 2.75) is 66.4 Å². The number of carbonyl (C=O) groups is 2. The van der Waals surface area contributed by atoms with Gasteiger partial charge >= 0.3 is 5.97 Å². The van der Waals surface area contributed by atoms with E-state index in [2.05, 4.69) is 12.2 Å². The van der Waals surface area contributed by atoms with E-state index in [0.717, 1.165) is 19.3 Å². The maximum atomic E-state index is 13.3. The Labute approximate surface area is 163 Å². The molecular weight excluding hydrogens is 342 g/mol. The molecule has 3 N–H and O–H groups in total. The largest absolute Gasteiger partial charge is 0.462 e. The van der Waals surface area contributed by atoms with Crippen LogP contribution < -0.4 is 5.73 Å². The Kier molecular flexibility index (Phi) is 6.91. The standard InChI is InChI=1S/C22H37NO4/c1-6-21(3,4)19(25)17-15-7-9-16(10-8-15)18(17)20(26)27-14(2)11-22(5,12-23)13-24/h7,9,14-18,24H,6,8,10-13,23H2,1-5H3. The van der Waals surface area contributed by atoms with Gasteiger partial charge in [0.2, 0.25) is 0 Å². The summed E-state index contributed by atoms with van der Waals surface area (Å²) in [6.07, 6.45) is 7.04. The minimum atomic E-state index is -0.468. The highest BCUT2D eigenvalue weighted by atomic mass is 16.5. The molecule has 0 aromatic heterocycles. The van der Waals surface area contributed by atoms with E-state index in [0.29, 0.717) is 13.0 Å². The summed E-state index contributed by atoms with van der Waals surface area (Å²) in [5, 5.41) is 9.56. The van der Waals surface area contributed by atoms with E-state index in [1.807, 2.05) is 34.6 Å². The molecule has 3 rings (SSSR count). The van der Waals surface area contributed by atoms with Crippen LogP contribution in [0.4, 0.5) is 0 Å². The molecule has 6 atom stereocenters. The molecule has 5 nitrogen and oxygen atoms in total. The van der Waals surface area contributed by atoms with Crippen molar-refractivity contribution in [3.63, 3.8) is 0 Å². The van der Waals surface area contributed by atoms with Gasteiger partial charge in [0, 0.05) is 29.9 Å². The monoisotopic (exact) mass is 379 g/mol. The van der Waals surface area contributed by atoms with Crippen LogP contribution in [0.5, 0.6) is 0 Å². The molecule has 5 heteroatoms. The molecule has 0 radical (unpaired) electrons. The molecule has 0 spiro atoms. The average Bonchev–Trinajstić information content (AvgIpc) is 2.67. The molecule has 1 fully saturated rings. The number of fused-ring (bicyclic) bond motifs is 2. The summed E-state index contributed by atoms with van der Waals surface area (Å²) in [5.41, 5.74) is 4.86. The van der Waals surface area contributed by atoms with Crippen LogP contribution in [0.2, 0.25) is 0 Å². The summed E-state index contributed by atoms with van der Waals surface area (Å²) in [4.78, 5) is 26.4. The van der Waals surface area contributed by atoms with Crippen molar-refractivity contribution in [2.75, 3.05) is 13.2 Å². The third kappa shape index (κ3) is 4.62. The summed E-state index contributed by atoms with van der Waals surface area (Å²) < 4.78 is 5.78. The summed E-state index contributed by atoms with van der Waals surface area (Å²) in [5.74, 6) is -0.567. The van der Waals surface area contributed by atoms with Crippen molar-refractivity contribution in [3.05, 3.63) is 12.2 Å². The van der Waals surface area contributed by atoms with Crippen LogP contribution >= 0.6 is 0 Å². The van der Waals surface area contributed by atoms with E-state index in [1.165, 1.54) is 0 Å². The topological polar surface area (TPSA) is 89.6 Å². The molecule has 6 unspecified atom stereocenters. The van der Waals surface area contributed by atoms with Crippen LogP contribution in [0.15, 0.2) is 12.2 Å². The zero-order valence-electron chi connectivity index (χ0n) is 17.5. The third-order valence-electron chi connectivity index (χ3n) is 6.85. The number of aliphatic hydroxyl groups excluding tert-OH is 1. The number of Topliss-reactive ketones (excluding diaryl/α,β-unsaturated/α-hetero) is 1. The van der Waals surface area contributed by atoms with Gasteiger partial charge in [-0.3, -0.25) is 9.59 Å². The smallest absolute Gasteiger partial charge is 0.310 e. The Bertz CT molecular complexity index is 579. The maximum Gasteiger partial charge on any atom is 0.310 e. The lowest BCUT2D eigenvalue weighted by molar-refractivity contribution is -0.165. The van der Waals surface area contributed by atoms with E-state index in [-0.39, 0.29) is 42.2 Å². The molecule has 3 aliphatic carbocycles. The van der Waals surface area contributed by atoms with Gasteiger partial charge in [-0.15, -0.1) is 0 Å². The average molecular weight is 380 g/mol. The Morgan fingerprint density at radius 2 is 1.74 bits per heavy atom. The van der Waals surface area contributed by atoms with Gasteiger partial charge in [0.25, 0.3) is 0 Å². The van der Waals surface area contributed by atoms with Crippen LogP contribution in [-0.4, -0.2) is 36.1 Å². The predicted octanol–water partition coefficient (Wildman–Crippen LogP) is 3.10. The summed E-state index contributed by atoms with van der Waals surface area (Å²) in [6, 6.07) is 0. The van der Waals surface area contributed by atoms with Crippen LogP contribution in [-0.2, 0) is 14.3 Å². The number of hydrogen-bond acceptors (Lipinski definition) is 5. The number of nitrogens with two attached hydrogens (primary N) is 1. The Hall–Kier alpha value is -1.20. The molecule has 0 aliphatic heterocycles. The van der Waals surface area contributed by atoms with E-state index in [9.17, 15) is 14.7 Å². The SMILES string of the molecule is CCC(C)(C)C(=O)C1C2C=CC(CC2)C1C(=O)OC(C)CC(C)(CN)CO. The van der Waals surface area contributed by atoms with Crippen LogP contribution in [0.25, 0.3) is 0 Å². The Balaban J connectivity index is 2.17. The zero-order chi connectivity index (χ0) is 20.4. The maximum absolute atomic E-state index is 13.3. The first kappa shape index (κ1) is 22.1. The normalized spacial score (nSPS) is 30.6. The molecule has 0 saturated heterocycles. The Morgan fingerprint density at radius 3 is 2.19 bits per heavy atom. The number of allylic oxidation sites excluding steroid dienone is 2. The molecule has 3 aliphatic rings. The fourth-order valence-corrected chi connectivity index (χ4v) is 4.52. The predicted molar refractivity (Wildman–Crippen MR) is 106 cm³/mol. The minimum absolute atomic E-state index is 0.0476. The highest BCUT2D eigenvalue weighted by Crippen LogP contribution is 2.48. The number of carbonyl (C=O) groups excluding carboxylic acids is 2. The first-order chi connectivity index (χ1) is 12.6. The van der Waals surface area contributed by atoms with E-state index < -0.39 is 16.7 Å². The van der Waals surface area contributed by atoms with Crippen molar-refractivity contribution >= 4 is 11.8 Å². The van der Waals surface area contributed by atoms with Gasteiger partial charge in [-0.1, -0.05) is 39.8 Å². The number of rotatable bonds is 9. The molecular formula is C22H37NO4. The van der Waals surface area contributed by atoms with Gasteiger partial charge < -0.3 is 15.6 Å². The molecule has 0 amide bonds. The third-order valence-corrected chi connectivity index (χ3v) is 6.85. The lowest BCUT2D eigenvalue weighted by Gasteiger charge is -2.45. The van der Waals surface area contributed by atoms with Crippen molar-refractivity contribution in [3.8, 4) is 0 Å². The Morgan fingerprint density at radius 1 is 1.19 bits per heavy atom. The van der Waals surface area contributed by atoms with Crippen LogP contribution in [0, 0.1) is 34.5 Å². The van der Waals surface area contributed by atoms with E-state index in [4.69, 9.17) is 10.5 Å². The first-order valence-corrected chi connectivity index (χ1v) is 10.3. The molecule has 0 aromatic carbocycles. The highest BCUT2D eigenvalue weighted by molar-refractivity contribution is 5.91. The number of ether oxygens (including phenoxy) is 1. The summed E-state index contributed by atoms with van der Waals surface area (Å²) in [7, 11) is 0. The zero-order valence-corrected chi connectivity index (χ0v) is 17.5. The van der Waals surface area contributed by atoms with Gasteiger partial charge in [-0.25, -0.2) is 0 Å². The first-order valence-electron chi connectivity index (χ1n) is 10.3. The van der Waals surface area contributed by atoms with Crippen molar-refractivity contribution in [1.29, 1.82) is 0 Å². The number of aliphatic hydroxyl groups is 1. The molecule has 1 saturated carbocycles. The molecule has 27 heavy (non-hydrogen) atoms. The van der Waals surface area contributed by atoms with Crippen molar-refractivity contribution in [1.82, 2.24) is 0 Å². The lowest BCUT2D eigenvalue weighted by Crippen LogP contribution is -2.49. The number of hydrogen-bond donors (Lipinski definition) is 2. The number of ketones is 1. The van der Waals surface area contributed by atoms with Crippen LogP contribution in [0.1, 0.15) is 60.3 Å². The van der Waals surface area contributed by atoms with Gasteiger partial charge in [-0.2, -0.15) is 0 Å². The fraction of sp³-hybridized carbons (Fsp3) is 0.818. The van der Waals surface area contributed by atoms with Gasteiger partial charge in [-0.05, 0) is 44.4 Å². The second kappa shape index (κ2) is 8.44. The van der Waals surface area contributed by atoms with Gasteiger partial charge in [0.1, 0.15) is 5.78 Å².